The average molecular weight is 332 g/mol. The Morgan fingerprint density at radius 2 is 2.13 bits per heavy atom. The molecule has 3 amide bonds. The Balaban J connectivity index is 2.30. The molecule has 0 aliphatic rings. The topological polar surface area (TPSA) is 93.1 Å². The van der Waals surface area contributed by atoms with E-state index >= 15 is 0 Å². The number of allylic oxidation sites excluding steroid dienone is 1. The van der Waals surface area contributed by atoms with Crippen molar-refractivity contribution >= 4 is 34.6 Å². The van der Waals surface area contributed by atoms with Gasteiger partial charge < -0.3 is 5.32 Å². The molecular formula is C15H16N4O3S. The number of para-hydroxylation sites is 1. The van der Waals surface area contributed by atoms with Crippen molar-refractivity contribution in [3.05, 3.63) is 47.3 Å². The summed E-state index contributed by atoms with van der Waals surface area (Å²) in [5.74, 6) is -0.503. The van der Waals surface area contributed by atoms with Crippen molar-refractivity contribution in [1.29, 1.82) is 0 Å². The number of imide groups is 1. The van der Waals surface area contributed by atoms with Gasteiger partial charge in [-0.05, 0) is 12.1 Å². The molecule has 0 saturated carbocycles. The van der Waals surface area contributed by atoms with Crippen molar-refractivity contribution in [3.63, 3.8) is 0 Å². The van der Waals surface area contributed by atoms with Crippen LogP contribution in [0.15, 0.2) is 46.9 Å². The number of rotatable bonds is 5. The van der Waals surface area contributed by atoms with E-state index in [1.807, 2.05) is 0 Å². The molecule has 0 aliphatic heterocycles. The number of carbonyl (C=O) groups excluding carboxylic acids is 2. The summed E-state index contributed by atoms with van der Waals surface area (Å²) < 4.78 is 1.45. The minimum absolute atomic E-state index is 0.0324. The maximum Gasteiger partial charge on any atom is 0.321 e. The fourth-order valence-electron chi connectivity index (χ4n) is 1.90. The lowest BCUT2D eigenvalue weighted by Gasteiger charge is -2.11. The predicted octanol–water partition coefficient (Wildman–Crippen LogP) is 1.13. The zero-order valence-corrected chi connectivity index (χ0v) is 13.4. The summed E-state index contributed by atoms with van der Waals surface area (Å²) in [4.78, 5) is 39.7. The Kier molecular flexibility index (Phi) is 5.53. The van der Waals surface area contributed by atoms with Gasteiger partial charge in [0.1, 0.15) is 0 Å². The van der Waals surface area contributed by atoms with Crippen LogP contribution >= 0.6 is 11.8 Å². The van der Waals surface area contributed by atoms with Crippen LogP contribution in [0, 0.1) is 0 Å². The largest absolute Gasteiger partial charge is 0.341 e. The van der Waals surface area contributed by atoms with Crippen LogP contribution in [-0.2, 0) is 11.3 Å². The number of amides is 3. The van der Waals surface area contributed by atoms with Gasteiger partial charge >= 0.3 is 6.03 Å². The van der Waals surface area contributed by atoms with Crippen molar-refractivity contribution in [3.8, 4) is 0 Å². The smallest absolute Gasteiger partial charge is 0.321 e. The van der Waals surface area contributed by atoms with Crippen LogP contribution in [0.2, 0.25) is 0 Å². The number of hydrogen-bond donors (Lipinski definition) is 2. The number of nitrogens with one attached hydrogen (secondary N) is 2. The van der Waals surface area contributed by atoms with Crippen LogP contribution in [0.1, 0.15) is 0 Å². The summed E-state index contributed by atoms with van der Waals surface area (Å²) in [7, 11) is 1.42. The zero-order valence-electron chi connectivity index (χ0n) is 12.5. The van der Waals surface area contributed by atoms with E-state index < -0.39 is 11.9 Å². The molecule has 1 aromatic heterocycles. The molecule has 0 fully saturated rings. The molecule has 1 heterocycles. The van der Waals surface area contributed by atoms with E-state index in [2.05, 4.69) is 22.2 Å². The van der Waals surface area contributed by atoms with E-state index in [1.54, 1.807) is 30.3 Å². The maximum atomic E-state index is 12.5. The first-order valence-corrected chi connectivity index (χ1v) is 7.80. The Morgan fingerprint density at radius 1 is 1.39 bits per heavy atom. The number of hydrogen-bond acceptors (Lipinski definition) is 5. The number of benzene rings is 1. The summed E-state index contributed by atoms with van der Waals surface area (Å²) in [6.45, 7) is 3.92. The van der Waals surface area contributed by atoms with Crippen molar-refractivity contribution < 1.29 is 9.59 Å². The van der Waals surface area contributed by atoms with E-state index in [0.29, 0.717) is 16.1 Å². The Bertz CT molecular complexity index is 816. The van der Waals surface area contributed by atoms with Crippen molar-refractivity contribution in [2.75, 3.05) is 12.8 Å². The molecule has 0 saturated heterocycles. The summed E-state index contributed by atoms with van der Waals surface area (Å²) >= 11 is 1.09. The SMILES string of the molecule is C=CCn1c(SCC(=O)NC(=O)NC)nc2ccccc2c1=O. The number of urea groups is 1. The first-order valence-electron chi connectivity index (χ1n) is 6.81. The molecule has 7 nitrogen and oxygen atoms in total. The second kappa shape index (κ2) is 7.59. The molecule has 0 spiro atoms. The molecule has 0 bridgehead atoms. The third-order valence-electron chi connectivity index (χ3n) is 2.95. The first kappa shape index (κ1) is 16.8. The van der Waals surface area contributed by atoms with Gasteiger partial charge in [0.05, 0.1) is 16.7 Å². The van der Waals surface area contributed by atoms with Crippen LogP contribution in [0.5, 0.6) is 0 Å². The molecule has 0 unspecified atom stereocenters. The van der Waals surface area contributed by atoms with Crippen LogP contribution in [-0.4, -0.2) is 34.3 Å². The van der Waals surface area contributed by atoms with Crippen LogP contribution in [0.3, 0.4) is 0 Å². The summed E-state index contributed by atoms with van der Waals surface area (Å²) in [5.41, 5.74) is 0.372. The Morgan fingerprint density at radius 3 is 2.83 bits per heavy atom. The van der Waals surface area contributed by atoms with E-state index in [9.17, 15) is 14.4 Å². The maximum absolute atomic E-state index is 12.5. The number of nitrogens with zero attached hydrogens (tertiary/aromatic N) is 2. The molecule has 2 aromatic rings. The lowest BCUT2D eigenvalue weighted by molar-refractivity contribution is -0.117. The molecule has 0 atom stereocenters. The normalized spacial score (nSPS) is 10.3. The highest BCUT2D eigenvalue weighted by Crippen LogP contribution is 2.17. The zero-order chi connectivity index (χ0) is 16.8. The molecule has 1 aromatic carbocycles. The molecule has 8 heteroatoms. The van der Waals surface area contributed by atoms with E-state index in [4.69, 9.17) is 0 Å². The Labute approximate surface area is 136 Å². The van der Waals surface area contributed by atoms with Crippen LogP contribution < -0.4 is 16.2 Å². The third kappa shape index (κ3) is 3.98. The molecule has 0 aliphatic carbocycles. The number of thioether (sulfide) groups is 1. The van der Waals surface area contributed by atoms with Gasteiger partial charge in [-0.3, -0.25) is 19.5 Å². The highest BCUT2D eigenvalue weighted by Gasteiger charge is 2.13. The number of carbonyl (C=O) groups is 2. The fourth-order valence-corrected chi connectivity index (χ4v) is 2.71. The van der Waals surface area contributed by atoms with Gasteiger partial charge in [0.25, 0.3) is 5.56 Å². The second-order valence-electron chi connectivity index (χ2n) is 4.53. The van der Waals surface area contributed by atoms with E-state index in [1.165, 1.54) is 11.6 Å². The minimum atomic E-state index is -0.578. The van der Waals surface area contributed by atoms with Gasteiger partial charge in [-0.1, -0.05) is 30.0 Å². The minimum Gasteiger partial charge on any atom is -0.341 e. The van der Waals surface area contributed by atoms with E-state index in [-0.39, 0.29) is 17.9 Å². The monoisotopic (exact) mass is 332 g/mol. The summed E-state index contributed by atoms with van der Waals surface area (Å²) in [6, 6.07) is 6.43. The quantitative estimate of drug-likeness (QED) is 0.486. The highest BCUT2D eigenvalue weighted by molar-refractivity contribution is 7.99. The van der Waals surface area contributed by atoms with Gasteiger partial charge in [-0.25, -0.2) is 9.78 Å². The van der Waals surface area contributed by atoms with Crippen molar-refractivity contribution in [2.24, 2.45) is 0 Å². The lowest BCUT2D eigenvalue weighted by atomic mass is 10.2. The van der Waals surface area contributed by atoms with Crippen molar-refractivity contribution in [1.82, 2.24) is 20.2 Å². The van der Waals surface area contributed by atoms with Gasteiger partial charge in [0.15, 0.2) is 5.16 Å². The third-order valence-corrected chi connectivity index (χ3v) is 3.93. The summed E-state index contributed by atoms with van der Waals surface area (Å²) in [6.07, 6.45) is 1.59. The fraction of sp³-hybridized carbons (Fsp3) is 0.200. The lowest BCUT2D eigenvalue weighted by Crippen LogP contribution is -2.38. The molecule has 23 heavy (non-hydrogen) atoms. The first-order chi connectivity index (χ1) is 11.1. The average Bonchev–Trinajstić information content (AvgIpc) is 2.55. The van der Waals surface area contributed by atoms with Gasteiger partial charge in [0, 0.05) is 13.6 Å². The van der Waals surface area contributed by atoms with Gasteiger partial charge in [-0.15, -0.1) is 6.58 Å². The van der Waals surface area contributed by atoms with E-state index in [0.717, 1.165) is 11.8 Å². The van der Waals surface area contributed by atoms with Crippen molar-refractivity contribution in [2.45, 2.75) is 11.7 Å². The van der Waals surface area contributed by atoms with Gasteiger partial charge in [-0.2, -0.15) is 0 Å². The molecular weight excluding hydrogens is 316 g/mol. The molecule has 2 N–H and O–H groups in total. The predicted molar refractivity (Wildman–Crippen MR) is 89.5 cm³/mol. The Hall–Kier alpha value is -2.61. The number of aromatic nitrogens is 2. The highest BCUT2D eigenvalue weighted by atomic mass is 32.2. The molecule has 120 valence electrons. The summed E-state index contributed by atoms with van der Waals surface area (Å²) in [5, 5.41) is 5.36. The standard InChI is InChI=1S/C15H16N4O3S/c1-3-8-19-13(21)10-6-4-5-7-11(10)17-15(19)23-9-12(20)18-14(22)16-2/h3-7H,1,8-9H2,2H3,(H2,16,18,20,22). The van der Waals surface area contributed by atoms with Crippen LogP contribution in [0.25, 0.3) is 10.9 Å². The molecule has 0 radical (unpaired) electrons. The molecule has 2 rings (SSSR count). The number of fused-ring (bicyclic) bond motifs is 1. The van der Waals surface area contributed by atoms with Gasteiger partial charge in [0.2, 0.25) is 5.91 Å². The van der Waals surface area contributed by atoms with Crippen LogP contribution in [0.4, 0.5) is 4.79 Å². The second-order valence-corrected chi connectivity index (χ2v) is 5.47.